The summed E-state index contributed by atoms with van der Waals surface area (Å²) in [6.07, 6.45) is 1.60. The number of aliphatic imine (C=N–C) groups is 1. The first-order valence-corrected chi connectivity index (χ1v) is 6.71. The van der Waals surface area contributed by atoms with E-state index in [1.54, 1.807) is 31.3 Å². The molecule has 0 aliphatic carbocycles. The Morgan fingerprint density at radius 1 is 1.15 bits per heavy atom. The lowest BCUT2D eigenvalue weighted by Gasteiger charge is -2.01. The lowest BCUT2D eigenvalue weighted by Crippen LogP contribution is -1.92. The van der Waals surface area contributed by atoms with E-state index in [9.17, 15) is 5.11 Å². The minimum Gasteiger partial charge on any atom is -0.507 e. The minimum atomic E-state index is 0.178. The summed E-state index contributed by atoms with van der Waals surface area (Å²) in [6.45, 7) is 1.72. The van der Waals surface area contributed by atoms with Crippen LogP contribution in [0, 0.1) is 0 Å². The third-order valence-corrected chi connectivity index (χ3v) is 3.27. The molecule has 0 unspecified atom stereocenters. The lowest BCUT2D eigenvalue weighted by atomic mass is 10.1. The summed E-state index contributed by atoms with van der Waals surface area (Å²) >= 11 is 3.35. The van der Waals surface area contributed by atoms with E-state index in [2.05, 4.69) is 26.1 Å². The quantitative estimate of drug-likeness (QED) is 0.504. The van der Waals surface area contributed by atoms with Gasteiger partial charge >= 0.3 is 0 Å². The first kappa shape index (κ1) is 14.3. The molecule has 2 rings (SSSR count). The van der Waals surface area contributed by atoms with Crippen LogP contribution in [-0.4, -0.2) is 22.2 Å². The van der Waals surface area contributed by atoms with Crippen LogP contribution in [0.1, 0.15) is 18.1 Å². The van der Waals surface area contributed by atoms with Gasteiger partial charge in [0.05, 0.1) is 11.4 Å². The molecule has 2 aromatic rings. The molecule has 0 heterocycles. The average molecular weight is 333 g/mol. The lowest BCUT2D eigenvalue weighted by molar-refractivity contribution is 0.319. The predicted octanol–water partition coefficient (Wildman–Crippen LogP) is 4.10. The molecule has 4 nitrogen and oxygen atoms in total. The summed E-state index contributed by atoms with van der Waals surface area (Å²) in [4.78, 5) is 4.30. The van der Waals surface area contributed by atoms with E-state index in [1.165, 1.54) is 0 Å². The molecule has 20 heavy (non-hydrogen) atoms. The number of benzene rings is 2. The molecule has 0 radical (unpaired) electrons. The first-order valence-electron chi connectivity index (χ1n) is 5.92. The van der Waals surface area contributed by atoms with E-state index in [4.69, 9.17) is 5.21 Å². The fraction of sp³-hybridized carbons (Fsp3) is 0.0667. The van der Waals surface area contributed by atoms with Gasteiger partial charge in [0.25, 0.3) is 0 Å². The number of phenolic OH excluding ortho intramolecular Hbond substituents is 1. The third-order valence-electron chi connectivity index (χ3n) is 2.78. The van der Waals surface area contributed by atoms with Crippen LogP contribution in [0.3, 0.4) is 0 Å². The highest BCUT2D eigenvalue weighted by Gasteiger charge is 2.00. The van der Waals surface area contributed by atoms with Gasteiger partial charge in [0.2, 0.25) is 0 Å². The van der Waals surface area contributed by atoms with Crippen molar-refractivity contribution in [3.8, 4) is 5.75 Å². The number of nitrogens with zero attached hydrogens (tertiary/aromatic N) is 2. The van der Waals surface area contributed by atoms with E-state index in [0.29, 0.717) is 11.3 Å². The van der Waals surface area contributed by atoms with Crippen LogP contribution in [0.15, 0.2) is 57.1 Å². The van der Waals surface area contributed by atoms with Crippen LogP contribution in [-0.2, 0) is 0 Å². The SMILES string of the molecule is CC(=NO)c1ccc(N=Cc2cc(Br)ccc2O)cc1. The van der Waals surface area contributed by atoms with Crippen molar-refractivity contribution in [3.63, 3.8) is 0 Å². The number of hydrogen-bond acceptors (Lipinski definition) is 4. The molecule has 0 saturated carbocycles. The highest BCUT2D eigenvalue weighted by Crippen LogP contribution is 2.21. The Kier molecular flexibility index (Phi) is 4.53. The maximum atomic E-state index is 9.71. The smallest absolute Gasteiger partial charge is 0.124 e. The number of hydrogen-bond donors (Lipinski definition) is 2. The van der Waals surface area contributed by atoms with E-state index in [-0.39, 0.29) is 5.75 Å². The van der Waals surface area contributed by atoms with E-state index < -0.39 is 0 Å². The van der Waals surface area contributed by atoms with Crippen molar-refractivity contribution in [1.82, 2.24) is 0 Å². The summed E-state index contributed by atoms with van der Waals surface area (Å²) in [5.74, 6) is 0.178. The summed E-state index contributed by atoms with van der Waals surface area (Å²) in [5.41, 5.74) is 2.76. The molecule has 0 bridgehead atoms. The van der Waals surface area contributed by atoms with Gasteiger partial charge in [-0.3, -0.25) is 4.99 Å². The Hall–Kier alpha value is -2.14. The fourth-order valence-corrected chi connectivity index (χ4v) is 2.00. The maximum Gasteiger partial charge on any atom is 0.124 e. The van der Waals surface area contributed by atoms with Crippen molar-refractivity contribution in [2.45, 2.75) is 6.92 Å². The Balaban J connectivity index is 2.21. The zero-order chi connectivity index (χ0) is 14.5. The van der Waals surface area contributed by atoms with E-state index in [1.807, 2.05) is 24.3 Å². The van der Waals surface area contributed by atoms with Crippen molar-refractivity contribution in [2.75, 3.05) is 0 Å². The zero-order valence-electron chi connectivity index (χ0n) is 10.8. The number of aromatic hydroxyl groups is 1. The average Bonchev–Trinajstić information content (AvgIpc) is 2.48. The van der Waals surface area contributed by atoms with Gasteiger partial charge in [-0.1, -0.05) is 33.2 Å². The van der Waals surface area contributed by atoms with Crippen molar-refractivity contribution in [1.29, 1.82) is 0 Å². The van der Waals surface area contributed by atoms with Gasteiger partial charge in [0, 0.05) is 16.3 Å². The molecule has 2 aromatic carbocycles. The number of halogens is 1. The topological polar surface area (TPSA) is 65.2 Å². The van der Waals surface area contributed by atoms with Crippen LogP contribution in [0.2, 0.25) is 0 Å². The highest BCUT2D eigenvalue weighted by molar-refractivity contribution is 9.10. The molecular formula is C15H13BrN2O2. The molecule has 5 heteroatoms. The summed E-state index contributed by atoms with van der Waals surface area (Å²) in [6, 6.07) is 12.4. The second-order valence-electron chi connectivity index (χ2n) is 4.19. The minimum absolute atomic E-state index is 0.178. The Morgan fingerprint density at radius 3 is 2.50 bits per heavy atom. The number of rotatable bonds is 3. The van der Waals surface area contributed by atoms with Crippen molar-refractivity contribution in [3.05, 3.63) is 58.1 Å². The standard InChI is InChI=1S/C15H13BrN2O2/c1-10(18-20)11-2-5-14(6-3-11)17-9-12-8-13(16)4-7-15(12)19/h2-9,19-20H,1H3. The summed E-state index contributed by atoms with van der Waals surface area (Å²) in [5, 5.41) is 21.5. The van der Waals surface area contributed by atoms with Gasteiger partial charge in [0.1, 0.15) is 5.75 Å². The summed E-state index contributed by atoms with van der Waals surface area (Å²) in [7, 11) is 0. The molecule has 0 aromatic heterocycles. The first-order chi connectivity index (χ1) is 9.60. The van der Waals surface area contributed by atoms with Crippen molar-refractivity contribution < 1.29 is 10.3 Å². The van der Waals surface area contributed by atoms with E-state index >= 15 is 0 Å². The second kappa shape index (κ2) is 6.34. The zero-order valence-corrected chi connectivity index (χ0v) is 12.4. The molecule has 0 fully saturated rings. The third kappa shape index (κ3) is 3.45. The number of oxime groups is 1. The highest BCUT2D eigenvalue weighted by atomic mass is 79.9. The van der Waals surface area contributed by atoms with Crippen LogP contribution in [0.5, 0.6) is 5.75 Å². The molecule has 102 valence electrons. The molecular weight excluding hydrogens is 320 g/mol. The predicted molar refractivity (Wildman–Crippen MR) is 83.5 cm³/mol. The number of phenols is 1. The Labute approximate surface area is 125 Å². The van der Waals surface area contributed by atoms with Crippen LogP contribution in [0.4, 0.5) is 5.69 Å². The van der Waals surface area contributed by atoms with Crippen molar-refractivity contribution in [2.24, 2.45) is 10.1 Å². The molecule has 0 aliphatic heterocycles. The van der Waals surface area contributed by atoms with Crippen molar-refractivity contribution >= 4 is 33.5 Å². The van der Waals surface area contributed by atoms with Crippen LogP contribution < -0.4 is 0 Å². The molecule has 2 N–H and O–H groups in total. The molecule has 0 atom stereocenters. The Bertz CT molecular complexity index is 664. The normalized spacial score (nSPS) is 12.0. The van der Waals surface area contributed by atoms with Crippen LogP contribution in [0.25, 0.3) is 0 Å². The summed E-state index contributed by atoms with van der Waals surface area (Å²) < 4.78 is 0.877. The molecule has 0 spiro atoms. The molecule has 0 amide bonds. The largest absolute Gasteiger partial charge is 0.507 e. The van der Waals surface area contributed by atoms with Crippen LogP contribution >= 0.6 is 15.9 Å². The fourth-order valence-electron chi connectivity index (χ4n) is 1.62. The van der Waals surface area contributed by atoms with Gasteiger partial charge in [-0.15, -0.1) is 0 Å². The van der Waals surface area contributed by atoms with Gasteiger partial charge in [-0.2, -0.15) is 0 Å². The van der Waals surface area contributed by atoms with Gasteiger partial charge < -0.3 is 10.3 Å². The Morgan fingerprint density at radius 2 is 1.85 bits per heavy atom. The monoisotopic (exact) mass is 332 g/mol. The molecule has 0 saturated heterocycles. The molecule has 0 aliphatic rings. The maximum absolute atomic E-state index is 9.71. The second-order valence-corrected chi connectivity index (χ2v) is 5.11. The van der Waals surface area contributed by atoms with Gasteiger partial charge in [-0.25, -0.2) is 0 Å². The van der Waals surface area contributed by atoms with Gasteiger partial charge in [0.15, 0.2) is 0 Å². The van der Waals surface area contributed by atoms with Gasteiger partial charge in [-0.05, 0) is 42.8 Å². The van der Waals surface area contributed by atoms with E-state index in [0.717, 1.165) is 15.7 Å².